The smallest absolute Gasteiger partial charge is 0.231 e. The molecule has 1 fully saturated rings. The van der Waals surface area contributed by atoms with Crippen molar-refractivity contribution in [3.05, 3.63) is 18.2 Å². The molecular formula is C23H37N3O3. The number of fused-ring (bicyclic) bond motifs is 1. The van der Waals surface area contributed by atoms with Crippen molar-refractivity contribution in [1.29, 1.82) is 0 Å². The lowest BCUT2D eigenvalue weighted by atomic mass is 9.80. The Morgan fingerprint density at radius 1 is 1.07 bits per heavy atom. The van der Waals surface area contributed by atoms with E-state index in [-0.39, 0.29) is 5.91 Å². The van der Waals surface area contributed by atoms with Crippen molar-refractivity contribution in [2.75, 3.05) is 38.3 Å². The van der Waals surface area contributed by atoms with Gasteiger partial charge in [-0.2, -0.15) is 0 Å². The summed E-state index contributed by atoms with van der Waals surface area (Å²) in [4.78, 5) is 11.8. The van der Waals surface area contributed by atoms with Crippen LogP contribution in [0.5, 0.6) is 11.5 Å². The number of para-hydroxylation sites is 1. The van der Waals surface area contributed by atoms with Crippen molar-refractivity contribution in [2.24, 2.45) is 17.8 Å². The van der Waals surface area contributed by atoms with Gasteiger partial charge in [0.05, 0.1) is 5.69 Å². The molecule has 1 aliphatic heterocycles. The quantitative estimate of drug-likeness (QED) is 0.491. The summed E-state index contributed by atoms with van der Waals surface area (Å²) in [6.45, 7) is 8.20. The molecule has 1 aromatic rings. The number of benzene rings is 1. The van der Waals surface area contributed by atoms with Crippen LogP contribution >= 0.6 is 0 Å². The van der Waals surface area contributed by atoms with E-state index in [1.807, 2.05) is 18.2 Å². The first-order chi connectivity index (χ1) is 14.1. The summed E-state index contributed by atoms with van der Waals surface area (Å²) >= 11 is 0. The van der Waals surface area contributed by atoms with Crippen molar-refractivity contribution in [3.63, 3.8) is 0 Å². The van der Waals surface area contributed by atoms with Crippen molar-refractivity contribution in [2.45, 2.75) is 52.4 Å². The first-order valence-corrected chi connectivity index (χ1v) is 11.2. The summed E-state index contributed by atoms with van der Waals surface area (Å²) in [6, 6.07) is 5.94. The Hall–Kier alpha value is -1.95. The Morgan fingerprint density at radius 3 is 2.66 bits per heavy atom. The summed E-state index contributed by atoms with van der Waals surface area (Å²) in [7, 11) is 0. The highest BCUT2D eigenvalue weighted by Gasteiger charge is 2.21. The third-order valence-corrected chi connectivity index (χ3v) is 5.89. The zero-order chi connectivity index (χ0) is 20.5. The number of nitrogens with one attached hydrogen (secondary N) is 3. The van der Waals surface area contributed by atoms with Crippen LogP contribution in [-0.2, 0) is 4.79 Å². The van der Waals surface area contributed by atoms with Gasteiger partial charge in [0.15, 0.2) is 11.5 Å². The summed E-state index contributed by atoms with van der Waals surface area (Å²) in [5.41, 5.74) is 1.00. The van der Waals surface area contributed by atoms with Crippen LogP contribution in [0.15, 0.2) is 18.2 Å². The highest BCUT2D eigenvalue weighted by atomic mass is 16.7. The number of hydrogen-bond acceptors (Lipinski definition) is 5. The number of anilines is 1. The SMILES string of the molecule is CC(C)CC(=O)NCC1CCC(CCNCCNc2cccc3c2OCO3)CC1. The molecule has 1 heterocycles. The van der Waals surface area contributed by atoms with Gasteiger partial charge in [-0.1, -0.05) is 32.8 Å². The number of carbonyl (C=O) groups excluding carboxylic acids is 1. The van der Waals surface area contributed by atoms with E-state index in [9.17, 15) is 4.79 Å². The summed E-state index contributed by atoms with van der Waals surface area (Å²) in [6.07, 6.45) is 6.95. The molecule has 0 radical (unpaired) electrons. The van der Waals surface area contributed by atoms with Crippen LogP contribution in [-0.4, -0.2) is 38.9 Å². The molecule has 0 spiro atoms. The van der Waals surface area contributed by atoms with Crippen molar-refractivity contribution < 1.29 is 14.3 Å². The Balaban J connectivity index is 1.21. The van der Waals surface area contributed by atoms with Gasteiger partial charge in [-0.25, -0.2) is 0 Å². The molecule has 0 saturated heterocycles. The van der Waals surface area contributed by atoms with E-state index in [2.05, 4.69) is 29.8 Å². The molecule has 0 aromatic heterocycles. The van der Waals surface area contributed by atoms with E-state index in [0.717, 1.165) is 49.3 Å². The van der Waals surface area contributed by atoms with Gasteiger partial charge in [-0.3, -0.25) is 4.79 Å². The van der Waals surface area contributed by atoms with Gasteiger partial charge in [0.25, 0.3) is 0 Å². The zero-order valence-corrected chi connectivity index (χ0v) is 18.0. The molecule has 0 atom stereocenters. The average molecular weight is 404 g/mol. The van der Waals surface area contributed by atoms with Gasteiger partial charge in [-0.15, -0.1) is 0 Å². The van der Waals surface area contributed by atoms with Crippen LogP contribution in [0.3, 0.4) is 0 Å². The van der Waals surface area contributed by atoms with Gasteiger partial charge in [0.2, 0.25) is 12.7 Å². The molecular weight excluding hydrogens is 366 g/mol. The number of rotatable bonds is 11. The predicted molar refractivity (Wildman–Crippen MR) is 116 cm³/mol. The van der Waals surface area contributed by atoms with Crippen molar-refractivity contribution >= 4 is 11.6 Å². The Bertz CT molecular complexity index is 642. The zero-order valence-electron chi connectivity index (χ0n) is 18.0. The molecule has 2 aliphatic rings. The molecule has 0 unspecified atom stereocenters. The molecule has 6 nitrogen and oxygen atoms in total. The number of carbonyl (C=O) groups is 1. The van der Waals surface area contributed by atoms with E-state index >= 15 is 0 Å². The minimum atomic E-state index is 0.208. The Kier molecular flexibility index (Phi) is 8.47. The van der Waals surface area contributed by atoms with Gasteiger partial charge in [0, 0.05) is 26.1 Å². The minimum absolute atomic E-state index is 0.208. The fourth-order valence-corrected chi connectivity index (χ4v) is 4.21. The predicted octanol–water partition coefficient (Wildman–Crippen LogP) is 3.78. The lowest BCUT2D eigenvalue weighted by Crippen LogP contribution is -2.32. The summed E-state index contributed by atoms with van der Waals surface area (Å²) in [5.74, 6) is 3.77. The monoisotopic (exact) mass is 403 g/mol. The highest BCUT2D eigenvalue weighted by Crippen LogP contribution is 2.38. The van der Waals surface area contributed by atoms with Gasteiger partial charge in [0.1, 0.15) is 0 Å². The standard InChI is InChI=1S/C23H37N3O3/c1-17(2)14-22(27)26-15-19-8-6-18(7-9-19)10-11-24-12-13-25-20-4-3-5-21-23(20)29-16-28-21/h3-5,17-19,24-25H,6-16H2,1-2H3,(H,26,27). The molecule has 0 bridgehead atoms. The van der Waals surface area contributed by atoms with E-state index in [0.29, 0.717) is 25.0 Å². The maximum Gasteiger partial charge on any atom is 0.231 e. The van der Waals surface area contributed by atoms with E-state index in [4.69, 9.17) is 9.47 Å². The maximum atomic E-state index is 11.8. The number of hydrogen-bond donors (Lipinski definition) is 3. The fourth-order valence-electron chi connectivity index (χ4n) is 4.21. The second-order valence-corrected chi connectivity index (χ2v) is 8.79. The molecule has 1 amide bonds. The second-order valence-electron chi connectivity index (χ2n) is 8.79. The third kappa shape index (κ3) is 7.11. The van der Waals surface area contributed by atoms with Crippen LogP contribution in [0.2, 0.25) is 0 Å². The highest BCUT2D eigenvalue weighted by molar-refractivity contribution is 5.76. The van der Waals surface area contributed by atoms with E-state index in [1.54, 1.807) is 0 Å². The Morgan fingerprint density at radius 2 is 1.86 bits per heavy atom. The largest absolute Gasteiger partial charge is 0.454 e. The first kappa shape index (κ1) is 21.8. The molecule has 1 aliphatic carbocycles. The van der Waals surface area contributed by atoms with Crippen LogP contribution in [0.25, 0.3) is 0 Å². The number of ether oxygens (including phenoxy) is 2. The first-order valence-electron chi connectivity index (χ1n) is 11.2. The minimum Gasteiger partial charge on any atom is -0.454 e. The van der Waals surface area contributed by atoms with Crippen LogP contribution in [0, 0.1) is 17.8 Å². The lowest BCUT2D eigenvalue weighted by molar-refractivity contribution is -0.122. The molecule has 1 aromatic carbocycles. The molecule has 29 heavy (non-hydrogen) atoms. The fraction of sp³-hybridized carbons (Fsp3) is 0.696. The van der Waals surface area contributed by atoms with Crippen molar-refractivity contribution in [1.82, 2.24) is 10.6 Å². The molecule has 6 heteroatoms. The van der Waals surface area contributed by atoms with Gasteiger partial charge in [-0.05, 0) is 55.7 Å². The van der Waals surface area contributed by atoms with Crippen molar-refractivity contribution in [3.8, 4) is 11.5 Å². The normalized spacial score (nSPS) is 20.7. The van der Waals surface area contributed by atoms with Crippen LogP contribution < -0.4 is 25.4 Å². The maximum absolute atomic E-state index is 11.8. The summed E-state index contributed by atoms with van der Waals surface area (Å²) < 4.78 is 10.9. The van der Waals surface area contributed by atoms with Crippen LogP contribution in [0.1, 0.15) is 52.4 Å². The van der Waals surface area contributed by atoms with E-state index < -0.39 is 0 Å². The van der Waals surface area contributed by atoms with Crippen LogP contribution in [0.4, 0.5) is 5.69 Å². The lowest BCUT2D eigenvalue weighted by Gasteiger charge is -2.28. The summed E-state index contributed by atoms with van der Waals surface area (Å²) in [5, 5.41) is 10.1. The van der Waals surface area contributed by atoms with Gasteiger partial charge < -0.3 is 25.4 Å². The third-order valence-electron chi connectivity index (χ3n) is 5.89. The molecule has 162 valence electrons. The average Bonchev–Trinajstić information content (AvgIpc) is 3.19. The Labute approximate surface area is 175 Å². The second kappa shape index (κ2) is 11.3. The molecule has 3 N–H and O–H groups in total. The molecule has 3 rings (SSSR count). The van der Waals surface area contributed by atoms with Gasteiger partial charge >= 0.3 is 0 Å². The molecule has 1 saturated carbocycles. The number of amides is 1. The van der Waals surface area contributed by atoms with E-state index in [1.165, 1.54) is 32.1 Å². The topological polar surface area (TPSA) is 71.6 Å².